The van der Waals surface area contributed by atoms with E-state index in [2.05, 4.69) is 19.2 Å². The first-order valence-electron chi connectivity index (χ1n) is 5.18. The van der Waals surface area contributed by atoms with E-state index >= 15 is 0 Å². The summed E-state index contributed by atoms with van der Waals surface area (Å²) in [5.74, 6) is 2.17. The van der Waals surface area contributed by atoms with Crippen LogP contribution in [0.15, 0.2) is 0 Å². The van der Waals surface area contributed by atoms with Gasteiger partial charge in [-0.3, -0.25) is 10.1 Å². The van der Waals surface area contributed by atoms with Gasteiger partial charge in [0.05, 0.1) is 6.04 Å². The highest BCUT2D eigenvalue weighted by Crippen LogP contribution is 2.29. The van der Waals surface area contributed by atoms with Crippen molar-refractivity contribution in [2.75, 3.05) is 24.7 Å². The lowest BCUT2D eigenvalue weighted by Gasteiger charge is -2.22. The van der Waals surface area contributed by atoms with Crippen molar-refractivity contribution >= 4 is 17.7 Å². The molecule has 1 N–H and O–H groups in total. The number of rotatable bonds is 1. The number of hydrogen-bond donors (Lipinski definition) is 1. The Morgan fingerprint density at radius 3 is 2.86 bits per heavy atom. The quantitative estimate of drug-likeness (QED) is 0.704. The molecule has 0 spiro atoms. The maximum absolute atomic E-state index is 12.0. The van der Waals surface area contributed by atoms with Crippen LogP contribution in [0.3, 0.4) is 0 Å². The van der Waals surface area contributed by atoms with Crippen LogP contribution in [0.5, 0.6) is 0 Å². The van der Waals surface area contributed by atoms with Crippen molar-refractivity contribution in [1.29, 1.82) is 0 Å². The van der Waals surface area contributed by atoms with Gasteiger partial charge in [-0.2, -0.15) is 0 Å². The molecule has 0 aliphatic carbocycles. The molecule has 0 unspecified atom stereocenters. The largest absolute Gasteiger partial charge is 0.341 e. The number of likely N-dealkylation sites (tertiary alicyclic amines) is 1. The van der Waals surface area contributed by atoms with Gasteiger partial charge >= 0.3 is 0 Å². The third kappa shape index (κ3) is 2.06. The van der Waals surface area contributed by atoms with Gasteiger partial charge in [-0.15, -0.1) is 11.8 Å². The van der Waals surface area contributed by atoms with Crippen molar-refractivity contribution in [3.8, 4) is 0 Å². The molecular formula is C10H18N2OS. The summed E-state index contributed by atoms with van der Waals surface area (Å²) in [5, 5.41) is 3.23. The Labute approximate surface area is 89.6 Å². The fraction of sp³-hybridized carbons (Fsp3) is 0.900. The Kier molecular flexibility index (Phi) is 2.75. The topological polar surface area (TPSA) is 32.3 Å². The molecule has 2 aliphatic rings. The molecule has 2 rings (SSSR count). The molecule has 0 aromatic heterocycles. The van der Waals surface area contributed by atoms with Gasteiger partial charge < -0.3 is 4.90 Å². The minimum Gasteiger partial charge on any atom is -0.341 e. The Bertz CT molecular complexity index is 236. The zero-order valence-corrected chi connectivity index (χ0v) is 9.69. The molecule has 80 valence electrons. The molecule has 2 aliphatic heterocycles. The molecular weight excluding hydrogens is 196 g/mol. The smallest absolute Gasteiger partial charge is 0.240 e. The Balaban J connectivity index is 1.92. The van der Waals surface area contributed by atoms with Crippen LogP contribution in [0.1, 0.15) is 20.3 Å². The maximum Gasteiger partial charge on any atom is 0.240 e. The lowest BCUT2D eigenvalue weighted by Crippen LogP contribution is -2.44. The summed E-state index contributed by atoms with van der Waals surface area (Å²) in [7, 11) is 0. The van der Waals surface area contributed by atoms with Gasteiger partial charge in [0.1, 0.15) is 0 Å². The van der Waals surface area contributed by atoms with Crippen LogP contribution < -0.4 is 5.32 Å². The molecule has 0 aromatic rings. The van der Waals surface area contributed by atoms with Gasteiger partial charge in [-0.25, -0.2) is 0 Å². The Hall–Kier alpha value is -0.220. The van der Waals surface area contributed by atoms with Gasteiger partial charge in [0.25, 0.3) is 0 Å². The van der Waals surface area contributed by atoms with Crippen LogP contribution in [-0.4, -0.2) is 41.6 Å². The summed E-state index contributed by atoms with van der Waals surface area (Å²) in [6.45, 7) is 6.33. The van der Waals surface area contributed by atoms with Crippen LogP contribution in [0, 0.1) is 5.41 Å². The molecule has 0 bridgehead atoms. The molecule has 2 heterocycles. The van der Waals surface area contributed by atoms with E-state index in [0.717, 1.165) is 31.1 Å². The van der Waals surface area contributed by atoms with Crippen molar-refractivity contribution in [2.24, 2.45) is 5.41 Å². The molecule has 1 atom stereocenters. The molecule has 3 nitrogen and oxygen atoms in total. The van der Waals surface area contributed by atoms with Crippen molar-refractivity contribution in [2.45, 2.75) is 26.3 Å². The number of amides is 1. The molecule has 4 heteroatoms. The minimum absolute atomic E-state index is 0.0777. The highest BCUT2D eigenvalue weighted by atomic mass is 32.2. The zero-order chi connectivity index (χ0) is 10.2. The predicted molar refractivity (Wildman–Crippen MR) is 59.2 cm³/mol. The third-order valence-corrected chi connectivity index (χ3v) is 3.94. The van der Waals surface area contributed by atoms with Crippen molar-refractivity contribution in [3.63, 3.8) is 0 Å². The number of carbonyl (C=O) groups excluding carboxylic acids is 1. The first-order valence-corrected chi connectivity index (χ1v) is 6.34. The Morgan fingerprint density at radius 2 is 2.36 bits per heavy atom. The number of nitrogens with one attached hydrogen (secondary N) is 1. The monoisotopic (exact) mass is 214 g/mol. The van der Waals surface area contributed by atoms with Gasteiger partial charge in [-0.05, 0) is 11.8 Å². The summed E-state index contributed by atoms with van der Waals surface area (Å²) in [5.41, 5.74) is 0.321. The average Bonchev–Trinajstić information content (AvgIpc) is 2.72. The zero-order valence-electron chi connectivity index (χ0n) is 8.88. The second kappa shape index (κ2) is 3.74. The molecule has 0 aromatic carbocycles. The van der Waals surface area contributed by atoms with Crippen LogP contribution in [0.25, 0.3) is 0 Å². The first kappa shape index (κ1) is 10.3. The second-order valence-electron chi connectivity index (χ2n) is 4.95. The summed E-state index contributed by atoms with van der Waals surface area (Å²) in [6.07, 6.45) is 1.14. The number of hydrogen-bond acceptors (Lipinski definition) is 3. The normalized spacial score (nSPS) is 31.0. The fourth-order valence-electron chi connectivity index (χ4n) is 2.07. The summed E-state index contributed by atoms with van der Waals surface area (Å²) >= 11 is 1.81. The molecule has 1 amide bonds. The van der Waals surface area contributed by atoms with E-state index in [-0.39, 0.29) is 6.04 Å². The number of thioether (sulfide) groups is 1. The van der Waals surface area contributed by atoms with Gasteiger partial charge in [0.2, 0.25) is 5.91 Å². The summed E-state index contributed by atoms with van der Waals surface area (Å²) < 4.78 is 0. The maximum atomic E-state index is 12.0. The average molecular weight is 214 g/mol. The van der Waals surface area contributed by atoms with E-state index in [9.17, 15) is 4.79 Å². The van der Waals surface area contributed by atoms with E-state index in [0.29, 0.717) is 11.3 Å². The standard InChI is InChI=1S/C10H18N2OS/c1-10(2)3-4-12(6-10)9(13)8-5-14-7-11-8/h8,11H,3-7H2,1-2H3/t8-/m1/s1. The van der Waals surface area contributed by atoms with Crippen LogP contribution in [-0.2, 0) is 4.79 Å². The molecule has 2 saturated heterocycles. The van der Waals surface area contributed by atoms with Crippen molar-refractivity contribution < 1.29 is 4.79 Å². The lowest BCUT2D eigenvalue weighted by atomic mass is 9.93. The van der Waals surface area contributed by atoms with E-state index in [1.54, 1.807) is 0 Å². The third-order valence-electron chi connectivity index (χ3n) is 3.00. The number of carbonyl (C=O) groups is 1. The van der Waals surface area contributed by atoms with Gasteiger partial charge in [-0.1, -0.05) is 13.8 Å². The molecule has 14 heavy (non-hydrogen) atoms. The highest BCUT2D eigenvalue weighted by Gasteiger charge is 2.35. The van der Waals surface area contributed by atoms with E-state index in [4.69, 9.17) is 0 Å². The van der Waals surface area contributed by atoms with Gasteiger partial charge in [0.15, 0.2) is 0 Å². The van der Waals surface area contributed by atoms with E-state index in [1.807, 2.05) is 16.7 Å². The SMILES string of the molecule is CC1(C)CCN(C(=O)[C@H]2CSCN2)C1. The molecule has 2 fully saturated rings. The fourth-order valence-corrected chi connectivity index (χ4v) is 3.01. The van der Waals surface area contributed by atoms with Crippen LogP contribution in [0.4, 0.5) is 0 Å². The molecule has 0 saturated carbocycles. The van der Waals surface area contributed by atoms with Gasteiger partial charge in [0, 0.05) is 24.7 Å². The predicted octanol–water partition coefficient (Wildman–Crippen LogP) is 0.907. The summed E-state index contributed by atoms with van der Waals surface area (Å²) in [6, 6.07) is 0.0777. The van der Waals surface area contributed by atoms with E-state index < -0.39 is 0 Å². The summed E-state index contributed by atoms with van der Waals surface area (Å²) in [4.78, 5) is 14.0. The van der Waals surface area contributed by atoms with Crippen LogP contribution >= 0.6 is 11.8 Å². The van der Waals surface area contributed by atoms with Crippen molar-refractivity contribution in [3.05, 3.63) is 0 Å². The lowest BCUT2D eigenvalue weighted by molar-refractivity contribution is -0.131. The highest BCUT2D eigenvalue weighted by molar-refractivity contribution is 7.99. The number of nitrogens with zero attached hydrogens (tertiary/aromatic N) is 1. The minimum atomic E-state index is 0.0777. The van der Waals surface area contributed by atoms with Crippen molar-refractivity contribution in [1.82, 2.24) is 10.2 Å². The first-order chi connectivity index (χ1) is 6.58. The Morgan fingerprint density at radius 1 is 1.57 bits per heavy atom. The van der Waals surface area contributed by atoms with Crippen LogP contribution in [0.2, 0.25) is 0 Å². The molecule has 0 radical (unpaired) electrons. The van der Waals surface area contributed by atoms with E-state index in [1.165, 1.54) is 0 Å². The second-order valence-corrected chi connectivity index (χ2v) is 5.98.